The zero-order valence-corrected chi connectivity index (χ0v) is 11.0. The molecule has 4 heteroatoms. The molecule has 0 fully saturated rings. The number of amides is 1. The number of nitrogens with one attached hydrogen (secondary N) is 1. The third-order valence-corrected chi connectivity index (χ3v) is 2.82. The summed E-state index contributed by atoms with van der Waals surface area (Å²) in [7, 11) is 0. The van der Waals surface area contributed by atoms with Crippen LogP contribution in [0.1, 0.15) is 46.4 Å². The molecule has 0 aromatic carbocycles. The van der Waals surface area contributed by atoms with Crippen molar-refractivity contribution in [2.75, 3.05) is 0 Å². The van der Waals surface area contributed by atoms with Gasteiger partial charge in [0.15, 0.2) is 0 Å². The summed E-state index contributed by atoms with van der Waals surface area (Å²) in [5.41, 5.74) is 0.572. The first-order valence-electron chi connectivity index (χ1n) is 5.91. The van der Waals surface area contributed by atoms with Crippen LogP contribution in [0.15, 0.2) is 27.0 Å². The van der Waals surface area contributed by atoms with Gasteiger partial charge in [-0.15, -0.1) is 0 Å². The van der Waals surface area contributed by atoms with Gasteiger partial charge in [0, 0.05) is 0 Å². The minimum atomic E-state index is -0.166. The fourth-order valence-electron chi connectivity index (χ4n) is 1.89. The zero-order valence-electron chi connectivity index (χ0n) is 11.0. The summed E-state index contributed by atoms with van der Waals surface area (Å²) >= 11 is 0. The maximum Gasteiger partial charge on any atom is 0.255 e. The van der Waals surface area contributed by atoms with Crippen LogP contribution in [0.2, 0.25) is 0 Å². The third kappa shape index (κ3) is 2.47. The molecule has 0 saturated heterocycles. The third-order valence-electron chi connectivity index (χ3n) is 2.82. The molecule has 2 rings (SSSR count). The number of furan rings is 2. The Morgan fingerprint density at radius 1 is 1.17 bits per heavy atom. The molecule has 2 aromatic rings. The Balaban J connectivity index is 2.10. The lowest BCUT2D eigenvalue weighted by Gasteiger charge is -2.10. The second kappa shape index (κ2) is 4.72. The maximum atomic E-state index is 12.1. The molecule has 2 heterocycles. The summed E-state index contributed by atoms with van der Waals surface area (Å²) < 4.78 is 10.8. The molecular formula is C14H17NO3. The SMILES string of the molecule is Cc1ccc(C(C)NC(=O)c2cc(C)oc2C)o1. The van der Waals surface area contributed by atoms with Gasteiger partial charge in [0.2, 0.25) is 0 Å². The van der Waals surface area contributed by atoms with Crippen LogP contribution in [-0.4, -0.2) is 5.91 Å². The zero-order chi connectivity index (χ0) is 13.3. The molecule has 0 radical (unpaired) electrons. The topological polar surface area (TPSA) is 55.4 Å². The van der Waals surface area contributed by atoms with Crippen molar-refractivity contribution in [1.82, 2.24) is 5.32 Å². The maximum absolute atomic E-state index is 12.1. The fourth-order valence-corrected chi connectivity index (χ4v) is 1.89. The van der Waals surface area contributed by atoms with Crippen LogP contribution in [0.5, 0.6) is 0 Å². The molecule has 4 nitrogen and oxygen atoms in total. The molecule has 18 heavy (non-hydrogen) atoms. The predicted octanol–water partition coefficient (Wildman–Crippen LogP) is 3.29. The highest BCUT2D eigenvalue weighted by atomic mass is 16.3. The van der Waals surface area contributed by atoms with Crippen LogP contribution in [0, 0.1) is 20.8 Å². The minimum absolute atomic E-state index is 0.147. The number of carbonyl (C=O) groups excluding carboxylic acids is 1. The summed E-state index contributed by atoms with van der Waals surface area (Å²) in [5.74, 6) is 2.80. The predicted molar refractivity (Wildman–Crippen MR) is 67.5 cm³/mol. The van der Waals surface area contributed by atoms with Gasteiger partial charge >= 0.3 is 0 Å². The Morgan fingerprint density at radius 2 is 1.89 bits per heavy atom. The average molecular weight is 247 g/mol. The van der Waals surface area contributed by atoms with E-state index in [-0.39, 0.29) is 11.9 Å². The van der Waals surface area contributed by atoms with Crippen LogP contribution in [0.3, 0.4) is 0 Å². The summed E-state index contributed by atoms with van der Waals surface area (Å²) in [4.78, 5) is 12.1. The van der Waals surface area contributed by atoms with Gasteiger partial charge < -0.3 is 14.2 Å². The fraction of sp³-hybridized carbons (Fsp3) is 0.357. The van der Waals surface area contributed by atoms with Crippen molar-refractivity contribution in [3.05, 3.63) is 46.8 Å². The summed E-state index contributed by atoms with van der Waals surface area (Å²) in [5, 5.41) is 2.89. The molecule has 0 bridgehead atoms. The van der Waals surface area contributed by atoms with Gasteiger partial charge in [-0.25, -0.2) is 0 Å². The molecule has 0 saturated carbocycles. The van der Waals surface area contributed by atoms with Crippen LogP contribution in [0.25, 0.3) is 0 Å². The van der Waals surface area contributed by atoms with Gasteiger partial charge in [0.25, 0.3) is 5.91 Å². The Labute approximate surface area is 106 Å². The normalized spacial score (nSPS) is 12.4. The van der Waals surface area contributed by atoms with Gasteiger partial charge in [-0.05, 0) is 45.9 Å². The quantitative estimate of drug-likeness (QED) is 0.905. The highest BCUT2D eigenvalue weighted by molar-refractivity contribution is 5.95. The van der Waals surface area contributed by atoms with Crippen LogP contribution in [0.4, 0.5) is 0 Å². The first-order chi connectivity index (χ1) is 8.47. The molecule has 1 N–H and O–H groups in total. The second-order valence-corrected chi connectivity index (χ2v) is 4.47. The minimum Gasteiger partial charge on any atom is -0.466 e. The smallest absolute Gasteiger partial charge is 0.255 e. The standard InChI is InChI=1S/C14H17NO3/c1-8-5-6-13(18-8)10(3)15-14(16)12-7-9(2)17-11(12)4/h5-7,10H,1-4H3,(H,15,16). The largest absolute Gasteiger partial charge is 0.466 e. The van der Waals surface area contributed by atoms with Gasteiger partial charge in [-0.1, -0.05) is 0 Å². The number of aryl methyl sites for hydroxylation is 3. The van der Waals surface area contributed by atoms with Gasteiger partial charge in [-0.2, -0.15) is 0 Å². The van der Waals surface area contributed by atoms with Crippen molar-refractivity contribution >= 4 is 5.91 Å². The average Bonchev–Trinajstić information content (AvgIpc) is 2.84. The van der Waals surface area contributed by atoms with E-state index >= 15 is 0 Å². The van der Waals surface area contributed by atoms with Crippen molar-refractivity contribution in [2.45, 2.75) is 33.7 Å². The van der Waals surface area contributed by atoms with E-state index in [1.54, 1.807) is 13.0 Å². The molecule has 1 unspecified atom stereocenters. The molecule has 0 spiro atoms. The van der Waals surface area contributed by atoms with Crippen molar-refractivity contribution in [3.8, 4) is 0 Å². The molecule has 1 atom stereocenters. The van der Waals surface area contributed by atoms with Crippen molar-refractivity contribution in [3.63, 3.8) is 0 Å². The highest BCUT2D eigenvalue weighted by Gasteiger charge is 2.17. The van der Waals surface area contributed by atoms with Crippen LogP contribution >= 0.6 is 0 Å². The first-order valence-corrected chi connectivity index (χ1v) is 5.91. The Hall–Kier alpha value is -1.97. The summed E-state index contributed by atoms with van der Waals surface area (Å²) in [6.07, 6.45) is 0. The van der Waals surface area contributed by atoms with E-state index in [2.05, 4.69) is 5.32 Å². The van der Waals surface area contributed by atoms with Crippen LogP contribution in [-0.2, 0) is 0 Å². The van der Waals surface area contributed by atoms with E-state index in [1.165, 1.54) is 0 Å². The van der Waals surface area contributed by atoms with E-state index in [9.17, 15) is 4.79 Å². The van der Waals surface area contributed by atoms with Crippen molar-refractivity contribution < 1.29 is 13.6 Å². The Morgan fingerprint density at radius 3 is 2.39 bits per heavy atom. The molecule has 96 valence electrons. The van der Waals surface area contributed by atoms with E-state index in [0.717, 1.165) is 17.3 Å². The molecule has 1 amide bonds. The van der Waals surface area contributed by atoms with E-state index in [4.69, 9.17) is 8.83 Å². The Kier molecular flexibility index (Phi) is 3.28. The van der Waals surface area contributed by atoms with Crippen molar-refractivity contribution in [1.29, 1.82) is 0 Å². The second-order valence-electron chi connectivity index (χ2n) is 4.47. The number of carbonyl (C=O) groups is 1. The Bertz CT molecular complexity index is 565. The lowest BCUT2D eigenvalue weighted by atomic mass is 10.2. The van der Waals surface area contributed by atoms with Crippen LogP contribution < -0.4 is 5.32 Å². The molecular weight excluding hydrogens is 230 g/mol. The number of rotatable bonds is 3. The monoisotopic (exact) mass is 247 g/mol. The number of hydrogen-bond donors (Lipinski definition) is 1. The summed E-state index contributed by atoms with van der Waals surface area (Å²) in [6.45, 7) is 7.37. The molecule has 0 aliphatic heterocycles. The molecule has 2 aromatic heterocycles. The molecule has 0 aliphatic carbocycles. The summed E-state index contributed by atoms with van der Waals surface area (Å²) in [6, 6.07) is 5.32. The van der Waals surface area contributed by atoms with E-state index < -0.39 is 0 Å². The van der Waals surface area contributed by atoms with Gasteiger partial charge in [-0.3, -0.25) is 4.79 Å². The lowest BCUT2D eigenvalue weighted by Crippen LogP contribution is -2.26. The van der Waals surface area contributed by atoms with E-state index in [0.29, 0.717) is 11.3 Å². The lowest BCUT2D eigenvalue weighted by molar-refractivity contribution is 0.0933. The first kappa shape index (κ1) is 12.5. The molecule has 0 aliphatic rings. The van der Waals surface area contributed by atoms with Gasteiger partial charge in [0.1, 0.15) is 23.0 Å². The van der Waals surface area contributed by atoms with E-state index in [1.807, 2.05) is 32.9 Å². The van der Waals surface area contributed by atoms with Gasteiger partial charge in [0.05, 0.1) is 11.6 Å². The highest BCUT2D eigenvalue weighted by Crippen LogP contribution is 2.18. The number of hydrogen-bond acceptors (Lipinski definition) is 3. The van der Waals surface area contributed by atoms with Crippen molar-refractivity contribution in [2.24, 2.45) is 0 Å².